The van der Waals surface area contributed by atoms with Crippen molar-refractivity contribution in [1.29, 1.82) is 0 Å². The van der Waals surface area contributed by atoms with Gasteiger partial charge in [0.1, 0.15) is 0 Å². The van der Waals surface area contributed by atoms with Crippen molar-refractivity contribution >= 4 is 33.0 Å². The summed E-state index contributed by atoms with van der Waals surface area (Å²) in [5.74, 6) is 0.759. The van der Waals surface area contributed by atoms with Gasteiger partial charge < -0.3 is 5.32 Å². The zero-order valence-corrected chi connectivity index (χ0v) is 32.7. The van der Waals surface area contributed by atoms with Gasteiger partial charge in [-0.15, -0.1) is 0 Å². The summed E-state index contributed by atoms with van der Waals surface area (Å²) in [7, 11) is -3.54. The third-order valence-electron chi connectivity index (χ3n) is 11.3. The lowest BCUT2D eigenvalue weighted by molar-refractivity contribution is 0.0938. The Bertz CT molecular complexity index is 2410. The van der Waals surface area contributed by atoms with E-state index in [-0.39, 0.29) is 17.5 Å². The molecule has 2 atom stereocenters. The predicted molar refractivity (Wildman–Crippen MR) is 221 cm³/mol. The van der Waals surface area contributed by atoms with Gasteiger partial charge in [0, 0.05) is 84.1 Å². The Kier molecular flexibility index (Phi) is 11.7. The summed E-state index contributed by atoms with van der Waals surface area (Å²) in [6.45, 7) is 4.20. The molecule has 0 radical (unpaired) electrons. The van der Waals surface area contributed by atoms with Crippen LogP contribution < -0.4 is 5.32 Å². The van der Waals surface area contributed by atoms with E-state index in [9.17, 15) is 18.0 Å². The smallest absolute Gasteiger partial charge is 0.243 e. The molecule has 2 aromatic heterocycles. The quantitative estimate of drug-likeness (QED) is 0.149. The number of hydrogen-bond acceptors (Lipinski definition) is 9. The van der Waals surface area contributed by atoms with E-state index in [1.165, 1.54) is 16.3 Å². The van der Waals surface area contributed by atoms with Crippen LogP contribution in [0.1, 0.15) is 92.6 Å². The summed E-state index contributed by atoms with van der Waals surface area (Å²) < 4.78 is 27.5. The molecule has 0 aliphatic carbocycles. The van der Waals surface area contributed by atoms with Gasteiger partial charge in [-0.2, -0.15) is 4.31 Å². The van der Waals surface area contributed by atoms with E-state index in [0.29, 0.717) is 55.4 Å². The van der Waals surface area contributed by atoms with Crippen LogP contribution in [-0.2, 0) is 23.1 Å². The first-order valence-electron chi connectivity index (χ1n) is 19.8. The maximum Gasteiger partial charge on any atom is 0.243 e. The second-order valence-electron chi connectivity index (χ2n) is 15.2. The molecule has 2 fully saturated rings. The van der Waals surface area contributed by atoms with Crippen LogP contribution in [0.5, 0.6) is 0 Å². The minimum absolute atomic E-state index is 0.00586. The molecule has 4 aliphatic rings. The number of carbonyl (C=O) groups is 2. The summed E-state index contributed by atoms with van der Waals surface area (Å²) in [6, 6.07) is 28.1. The third kappa shape index (κ3) is 8.76. The second-order valence-corrected chi connectivity index (χ2v) is 17.1. The minimum atomic E-state index is -3.54. The fraction of sp³-hybridized carbons (Fsp3) is 0.304. The Labute approximate surface area is 334 Å². The van der Waals surface area contributed by atoms with Crippen LogP contribution in [-0.4, -0.2) is 71.9 Å². The van der Waals surface area contributed by atoms with Crippen molar-refractivity contribution in [2.45, 2.75) is 56.5 Å². The Balaban J connectivity index is 0.000000168. The van der Waals surface area contributed by atoms with Crippen LogP contribution in [0.2, 0.25) is 0 Å². The van der Waals surface area contributed by atoms with E-state index in [1.807, 2.05) is 54.6 Å². The number of Topliss-reactive ketones (excluding diaryl/α,β-unsaturated/α-hetero) is 2. The molecule has 0 spiro atoms. The molecular formula is C46H46N6O4S. The molecule has 6 heterocycles. The highest BCUT2D eigenvalue weighted by molar-refractivity contribution is 7.89. The number of aromatic nitrogens is 2. The number of hydrogen-bond donors (Lipinski definition) is 1. The molecule has 0 saturated carbocycles. The number of carbonyl (C=O) groups excluding carboxylic acids is 2. The summed E-state index contributed by atoms with van der Waals surface area (Å²) in [5.41, 5.74) is 9.75. The monoisotopic (exact) mass is 778 g/mol. The zero-order valence-electron chi connectivity index (χ0n) is 31.9. The zero-order chi connectivity index (χ0) is 39.2. The molecule has 0 unspecified atom stereocenters. The van der Waals surface area contributed by atoms with Crippen molar-refractivity contribution in [3.63, 3.8) is 0 Å². The number of fused-ring (bicyclic) bond motifs is 2. The van der Waals surface area contributed by atoms with E-state index in [1.54, 1.807) is 55.1 Å². The number of ketones is 2. The first-order chi connectivity index (χ1) is 27.8. The average Bonchev–Trinajstić information content (AvgIpc) is 3.89. The topological polar surface area (TPSA) is 134 Å². The maximum absolute atomic E-state index is 13.2. The van der Waals surface area contributed by atoms with Crippen LogP contribution in [0.3, 0.4) is 0 Å². The summed E-state index contributed by atoms with van der Waals surface area (Å²) in [4.78, 5) is 43.6. The number of rotatable bonds is 10. The van der Waals surface area contributed by atoms with Gasteiger partial charge in [0.25, 0.3) is 0 Å². The molecule has 11 heteroatoms. The fourth-order valence-corrected chi connectivity index (χ4v) is 9.82. The van der Waals surface area contributed by atoms with E-state index >= 15 is 0 Å². The number of sulfonamides is 1. The molecule has 5 aromatic rings. The Morgan fingerprint density at radius 2 is 1.21 bits per heavy atom. The van der Waals surface area contributed by atoms with Gasteiger partial charge in [0.05, 0.1) is 29.4 Å². The Morgan fingerprint density at radius 1 is 0.667 bits per heavy atom. The van der Waals surface area contributed by atoms with E-state index in [0.717, 1.165) is 77.2 Å². The lowest BCUT2D eigenvalue weighted by Gasteiger charge is -2.31. The van der Waals surface area contributed by atoms with Crippen molar-refractivity contribution in [2.24, 2.45) is 21.8 Å². The molecule has 290 valence electrons. The first kappa shape index (κ1) is 38.4. The molecule has 3 aromatic carbocycles. The standard InChI is InChI=1S/C26H25N3O3S.C20H21N3O/c30-25(15-19-5-4-14-29(18-19)33(31,32)23-6-2-1-3-7-23)21-8-9-22-17-28-26(24(22)16-21)20-10-12-27-13-11-20;24-19(10-14-2-1-7-22-12-14)16-3-4-17-13-23-20(18(17)11-16)15-5-8-21-9-6-15/h1-3,6-13,16,19H,4-5,14-15,17-18H2;3-6,8-9,11,14,22H,1-2,7,10,12-13H2/t19-;14-/m00/s1. The van der Waals surface area contributed by atoms with Gasteiger partial charge in [0.15, 0.2) is 11.6 Å². The molecule has 1 N–H and O–H groups in total. The highest BCUT2D eigenvalue weighted by Gasteiger charge is 2.32. The molecule has 57 heavy (non-hydrogen) atoms. The van der Waals surface area contributed by atoms with E-state index < -0.39 is 10.0 Å². The largest absolute Gasteiger partial charge is 0.316 e. The molecule has 9 rings (SSSR count). The Hall–Kier alpha value is -5.49. The van der Waals surface area contributed by atoms with Crippen LogP contribution in [0.4, 0.5) is 0 Å². The van der Waals surface area contributed by atoms with Crippen LogP contribution in [0.25, 0.3) is 0 Å². The molecule has 4 aliphatic heterocycles. The molecule has 0 amide bonds. The van der Waals surface area contributed by atoms with Gasteiger partial charge in [-0.25, -0.2) is 8.42 Å². The number of benzene rings is 3. The summed E-state index contributed by atoms with van der Waals surface area (Å²) in [5, 5.41) is 3.38. The van der Waals surface area contributed by atoms with Crippen molar-refractivity contribution in [3.8, 4) is 0 Å². The van der Waals surface area contributed by atoms with Crippen molar-refractivity contribution in [3.05, 3.63) is 160 Å². The number of nitrogens with zero attached hydrogens (tertiary/aromatic N) is 5. The molecule has 2 saturated heterocycles. The van der Waals surface area contributed by atoms with Crippen LogP contribution in [0.15, 0.2) is 131 Å². The van der Waals surface area contributed by atoms with E-state index in [2.05, 4.69) is 31.3 Å². The van der Waals surface area contributed by atoms with Gasteiger partial charge >= 0.3 is 0 Å². The number of piperidine rings is 2. The number of nitrogens with one attached hydrogen (secondary N) is 1. The lowest BCUT2D eigenvalue weighted by atomic mass is 9.90. The van der Waals surface area contributed by atoms with Crippen molar-refractivity contribution in [1.82, 2.24) is 19.6 Å². The van der Waals surface area contributed by atoms with Gasteiger partial charge in [-0.05, 0) is 110 Å². The normalized spacial score (nSPS) is 19.0. The van der Waals surface area contributed by atoms with E-state index in [4.69, 9.17) is 0 Å². The highest BCUT2D eigenvalue weighted by Crippen LogP contribution is 2.30. The van der Waals surface area contributed by atoms with Crippen molar-refractivity contribution < 1.29 is 18.0 Å². The third-order valence-corrected chi connectivity index (χ3v) is 13.2. The summed E-state index contributed by atoms with van der Waals surface area (Å²) in [6.07, 6.45) is 11.9. The molecule has 0 bridgehead atoms. The fourth-order valence-electron chi connectivity index (χ4n) is 8.24. The van der Waals surface area contributed by atoms with Crippen LogP contribution >= 0.6 is 0 Å². The lowest BCUT2D eigenvalue weighted by Crippen LogP contribution is -2.40. The second kappa shape index (κ2) is 17.3. The molecular weight excluding hydrogens is 733 g/mol. The van der Waals surface area contributed by atoms with Crippen molar-refractivity contribution in [2.75, 3.05) is 26.2 Å². The first-order valence-corrected chi connectivity index (χ1v) is 21.3. The van der Waals surface area contributed by atoms with Gasteiger partial charge in [-0.1, -0.05) is 42.5 Å². The summed E-state index contributed by atoms with van der Waals surface area (Å²) >= 11 is 0. The maximum atomic E-state index is 13.2. The van der Waals surface area contributed by atoms with Crippen LogP contribution in [0, 0.1) is 11.8 Å². The van der Waals surface area contributed by atoms with Gasteiger partial charge in [-0.3, -0.25) is 29.5 Å². The van der Waals surface area contributed by atoms with Gasteiger partial charge in [0.2, 0.25) is 10.0 Å². The predicted octanol–water partition coefficient (Wildman–Crippen LogP) is 7.11. The SMILES string of the molecule is O=C(C[C@@H]1CCCN(S(=O)(=O)c2ccccc2)C1)c1ccc2c(c1)C(c1ccncc1)=NC2.O=C(C[C@@H]1CCCNC1)c1ccc2c(c1)C(c1ccncc1)=NC2. The highest BCUT2D eigenvalue weighted by atomic mass is 32.2. The molecule has 10 nitrogen and oxygen atoms in total. The minimum Gasteiger partial charge on any atom is -0.316 e. The number of aliphatic imine (C=N–C) groups is 2. The Morgan fingerprint density at radius 3 is 1.75 bits per heavy atom. The number of pyridine rings is 2. The average molecular weight is 779 g/mol.